The Morgan fingerprint density at radius 2 is 2.36 bits per heavy atom. The summed E-state index contributed by atoms with van der Waals surface area (Å²) in [5, 5.41) is 3.22. The molecule has 0 amide bonds. The van der Waals surface area contributed by atoms with E-state index < -0.39 is 0 Å². The van der Waals surface area contributed by atoms with E-state index in [0.717, 1.165) is 13.0 Å². The molecule has 0 aromatic heterocycles. The minimum absolute atomic E-state index is 0.0526. The Bertz CT molecular complexity index is 346. The summed E-state index contributed by atoms with van der Waals surface area (Å²) in [4.78, 5) is 11.4. The molecule has 1 heterocycles. The van der Waals surface area contributed by atoms with Gasteiger partial charge in [-0.15, -0.1) is 0 Å². The minimum atomic E-state index is 0.0526. The summed E-state index contributed by atoms with van der Waals surface area (Å²) >= 11 is 0. The Morgan fingerprint density at radius 3 is 3.00 bits per heavy atom. The maximum Gasteiger partial charge on any atom is 0.151 e. The number of hydrogen-bond donors (Lipinski definition) is 1. The number of carbonyl (C=O) groups excluding carboxylic acids is 1. The first-order valence-electron chi connectivity index (χ1n) is 5.07. The first-order chi connectivity index (χ1) is 6.75. The Morgan fingerprint density at radius 1 is 1.50 bits per heavy atom. The summed E-state index contributed by atoms with van der Waals surface area (Å²) in [6, 6.07) is 8.40. The molecule has 1 atom stereocenters. The lowest BCUT2D eigenvalue weighted by Gasteiger charge is -2.08. The maximum absolute atomic E-state index is 11.4. The molecule has 1 unspecified atom stereocenters. The third-order valence-corrected chi connectivity index (χ3v) is 2.67. The van der Waals surface area contributed by atoms with Crippen LogP contribution in [0.2, 0.25) is 0 Å². The highest BCUT2D eigenvalue weighted by atomic mass is 16.1. The molecule has 0 saturated carbocycles. The summed E-state index contributed by atoms with van der Waals surface area (Å²) in [7, 11) is 0. The van der Waals surface area contributed by atoms with Gasteiger partial charge >= 0.3 is 0 Å². The zero-order valence-corrected chi connectivity index (χ0v) is 8.42. The molecule has 1 N–H and O–H groups in total. The first-order valence-corrected chi connectivity index (χ1v) is 5.07. The molecule has 2 heteroatoms. The predicted molar refractivity (Wildman–Crippen MR) is 56.3 cm³/mol. The minimum Gasteiger partial charge on any atom is -0.307 e. The van der Waals surface area contributed by atoms with E-state index in [4.69, 9.17) is 0 Å². The van der Waals surface area contributed by atoms with Crippen LogP contribution in [0.15, 0.2) is 24.3 Å². The van der Waals surface area contributed by atoms with Crippen molar-refractivity contribution in [3.8, 4) is 0 Å². The summed E-state index contributed by atoms with van der Waals surface area (Å²) in [6.45, 7) is 2.92. The SMILES string of the molecule is Cc1cccc(CC2NCCC2=O)c1. The Kier molecular flexibility index (Phi) is 2.64. The number of aryl methyl sites for hydroxylation is 1. The average molecular weight is 189 g/mol. The lowest BCUT2D eigenvalue weighted by Crippen LogP contribution is -2.29. The second kappa shape index (κ2) is 3.93. The average Bonchev–Trinajstić information content (AvgIpc) is 2.52. The lowest BCUT2D eigenvalue weighted by molar-refractivity contribution is -0.118. The second-order valence-corrected chi connectivity index (χ2v) is 3.92. The Balaban J connectivity index is 2.07. The van der Waals surface area contributed by atoms with E-state index in [2.05, 4.69) is 30.4 Å². The van der Waals surface area contributed by atoms with E-state index in [1.54, 1.807) is 0 Å². The molecule has 14 heavy (non-hydrogen) atoms. The third-order valence-electron chi connectivity index (χ3n) is 2.67. The van der Waals surface area contributed by atoms with E-state index in [9.17, 15) is 4.79 Å². The smallest absolute Gasteiger partial charge is 0.151 e. The van der Waals surface area contributed by atoms with Crippen LogP contribution in [-0.4, -0.2) is 18.4 Å². The van der Waals surface area contributed by atoms with Gasteiger partial charge in [0.1, 0.15) is 0 Å². The molecule has 1 aliphatic rings. The van der Waals surface area contributed by atoms with Crippen molar-refractivity contribution < 1.29 is 4.79 Å². The van der Waals surface area contributed by atoms with Crippen LogP contribution < -0.4 is 5.32 Å². The van der Waals surface area contributed by atoms with E-state index in [1.807, 2.05) is 6.07 Å². The van der Waals surface area contributed by atoms with Crippen LogP contribution in [0.4, 0.5) is 0 Å². The molecule has 0 bridgehead atoms. The quantitative estimate of drug-likeness (QED) is 0.763. The summed E-state index contributed by atoms with van der Waals surface area (Å²) in [5.74, 6) is 0.353. The summed E-state index contributed by atoms with van der Waals surface area (Å²) < 4.78 is 0. The molecule has 2 nitrogen and oxygen atoms in total. The molecule has 1 aliphatic heterocycles. The number of hydrogen-bond acceptors (Lipinski definition) is 2. The Labute approximate surface area is 84.3 Å². The second-order valence-electron chi connectivity index (χ2n) is 3.92. The van der Waals surface area contributed by atoms with E-state index in [-0.39, 0.29) is 6.04 Å². The fourth-order valence-electron chi connectivity index (χ4n) is 1.92. The zero-order valence-electron chi connectivity index (χ0n) is 8.42. The standard InChI is InChI=1S/C12H15NO/c1-9-3-2-4-10(7-9)8-11-12(14)5-6-13-11/h2-4,7,11,13H,5-6,8H2,1H3. The van der Waals surface area contributed by atoms with Crippen molar-refractivity contribution in [1.29, 1.82) is 0 Å². The largest absolute Gasteiger partial charge is 0.307 e. The zero-order chi connectivity index (χ0) is 9.97. The molecule has 0 aliphatic carbocycles. The Hall–Kier alpha value is -1.15. The number of benzene rings is 1. The number of Topliss-reactive ketones (excluding diaryl/α,β-unsaturated/α-hetero) is 1. The van der Waals surface area contributed by atoms with Crippen molar-refractivity contribution in [2.75, 3.05) is 6.54 Å². The van der Waals surface area contributed by atoms with Gasteiger partial charge in [-0.25, -0.2) is 0 Å². The molecule has 1 aromatic carbocycles. The molecular formula is C12H15NO. The van der Waals surface area contributed by atoms with Gasteiger partial charge in [0.2, 0.25) is 0 Å². The number of rotatable bonds is 2. The van der Waals surface area contributed by atoms with Crippen molar-refractivity contribution in [2.45, 2.75) is 25.8 Å². The molecule has 2 rings (SSSR count). The third kappa shape index (κ3) is 2.02. The highest BCUT2D eigenvalue weighted by Crippen LogP contribution is 2.10. The number of ketones is 1. The highest BCUT2D eigenvalue weighted by molar-refractivity contribution is 5.86. The van der Waals surface area contributed by atoms with Crippen molar-refractivity contribution >= 4 is 5.78 Å². The van der Waals surface area contributed by atoms with E-state index in [1.165, 1.54) is 11.1 Å². The van der Waals surface area contributed by atoms with Gasteiger partial charge in [0.05, 0.1) is 6.04 Å². The van der Waals surface area contributed by atoms with Gasteiger partial charge in [0.25, 0.3) is 0 Å². The van der Waals surface area contributed by atoms with Crippen molar-refractivity contribution in [3.63, 3.8) is 0 Å². The molecule has 1 fully saturated rings. The van der Waals surface area contributed by atoms with E-state index >= 15 is 0 Å². The fraction of sp³-hybridized carbons (Fsp3) is 0.417. The molecular weight excluding hydrogens is 174 g/mol. The number of nitrogens with one attached hydrogen (secondary N) is 1. The van der Waals surface area contributed by atoms with Gasteiger partial charge < -0.3 is 5.32 Å². The summed E-state index contributed by atoms with van der Waals surface area (Å²) in [6.07, 6.45) is 1.52. The first kappa shape index (κ1) is 9.41. The van der Waals surface area contributed by atoms with Crippen molar-refractivity contribution in [1.82, 2.24) is 5.32 Å². The van der Waals surface area contributed by atoms with Gasteiger partial charge in [-0.1, -0.05) is 29.8 Å². The van der Waals surface area contributed by atoms with Crippen LogP contribution in [0.3, 0.4) is 0 Å². The highest BCUT2D eigenvalue weighted by Gasteiger charge is 2.23. The predicted octanol–water partition coefficient (Wildman–Crippen LogP) is 1.47. The molecule has 1 aromatic rings. The van der Waals surface area contributed by atoms with Gasteiger partial charge in [0.15, 0.2) is 5.78 Å². The normalized spacial score (nSPS) is 21.5. The summed E-state index contributed by atoms with van der Waals surface area (Å²) in [5.41, 5.74) is 2.51. The van der Waals surface area contributed by atoms with Crippen LogP contribution in [0, 0.1) is 6.92 Å². The molecule has 0 radical (unpaired) electrons. The number of carbonyl (C=O) groups is 1. The molecule has 74 valence electrons. The molecule has 1 saturated heterocycles. The van der Waals surface area contributed by atoms with Crippen LogP contribution in [0.5, 0.6) is 0 Å². The van der Waals surface area contributed by atoms with Crippen LogP contribution >= 0.6 is 0 Å². The van der Waals surface area contributed by atoms with Gasteiger partial charge in [-0.3, -0.25) is 4.79 Å². The van der Waals surface area contributed by atoms with E-state index in [0.29, 0.717) is 12.2 Å². The van der Waals surface area contributed by atoms with Gasteiger partial charge in [-0.2, -0.15) is 0 Å². The van der Waals surface area contributed by atoms with Gasteiger partial charge in [0, 0.05) is 13.0 Å². The van der Waals surface area contributed by atoms with Crippen LogP contribution in [-0.2, 0) is 11.2 Å². The maximum atomic E-state index is 11.4. The van der Waals surface area contributed by atoms with Crippen molar-refractivity contribution in [2.24, 2.45) is 0 Å². The lowest BCUT2D eigenvalue weighted by atomic mass is 10.0. The fourth-order valence-corrected chi connectivity index (χ4v) is 1.92. The molecule has 0 spiro atoms. The van der Waals surface area contributed by atoms with Crippen molar-refractivity contribution in [3.05, 3.63) is 35.4 Å². The van der Waals surface area contributed by atoms with Crippen LogP contribution in [0.25, 0.3) is 0 Å². The monoisotopic (exact) mass is 189 g/mol. The van der Waals surface area contributed by atoms with Crippen LogP contribution in [0.1, 0.15) is 17.5 Å². The topological polar surface area (TPSA) is 29.1 Å². The van der Waals surface area contributed by atoms with Gasteiger partial charge in [-0.05, 0) is 18.9 Å².